The van der Waals surface area contributed by atoms with Crippen LogP contribution in [0.15, 0.2) is 47.7 Å². The number of benzene rings is 2. The lowest BCUT2D eigenvalue weighted by molar-refractivity contribution is -1.08. The van der Waals surface area contributed by atoms with Crippen molar-refractivity contribution in [2.45, 2.75) is 71.3 Å². The molecule has 2 aromatic carbocycles. The summed E-state index contributed by atoms with van der Waals surface area (Å²) in [4.78, 5) is 43.6. The van der Waals surface area contributed by atoms with E-state index in [0.717, 1.165) is 96.0 Å². The van der Waals surface area contributed by atoms with Crippen LogP contribution < -0.4 is 15.5 Å². The molecule has 2 unspecified atom stereocenters. The van der Waals surface area contributed by atoms with E-state index < -0.39 is 14.3 Å². The Morgan fingerprint density at radius 2 is 1.65 bits per heavy atom. The van der Waals surface area contributed by atoms with Crippen molar-refractivity contribution in [1.82, 2.24) is 9.90 Å². The largest absolute Gasteiger partial charge is 0.488 e. The first kappa shape index (κ1) is 37.9. The molecule has 2 amide bonds. The molecule has 5 atom stereocenters. The van der Waals surface area contributed by atoms with E-state index in [4.69, 9.17) is 19.4 Å². The van der Waals surface area contributed by atoms with Crippen molar-refractivity contribution in [1.29, 1.82) is 0 Å². The van der Waals surface area contributed by atoms with E-state index >= 15 is 0 Å². The van der Waals surface area contributed by atoms with Gasteiger partial charge in [-0.3, -0.25) is 9.59 Å². The fraction of sp³-hybridized carbons (Fsp3) is 0.595. The molecule has 4 saturated heterocycles. The van der Waals surface area contributed by atoms with Crippen LogP contribution in [0.4, 0.5) is 0 Å². The average molecular weight is 738 g/mol. The van der Waals surface area contributed by atoms with E-state index in [-0.39, 0.29) is 51.4 Å². The molecule has 11 nitrogen and oxygen atoms in total. The van der Waals surface area contributed by atoms with Gasteiger partial charge < -0.3 is 38.3 Å². The standard InChI is InChI=1S/C37H56BN5O6PSi/c1-6-51(7-2,8-3)49-26(5)33-34-25(4)30(35(41(34)36(33)45)37(46)48-50-40-38)24-47-31-14-10-12-28-27(11-9-13-29(28)31)15-16-42-17-20-43(21-18-42,22-19-42)23-32(39)44/h9-14,25-26,33-34,40,50H,6-8,15-24,38H2,1-5H3,(H-,39,44)/q+1/p+1/t25-,26+,33+,34?,42?,43?/m0/s1. The maximum Gasteiger partial charge on any atom is 0.358 e. The molecule has 2 aromatic rings. The second-order valence-electron chi connectivity index (χ2n) is 15.4. The summed E-state index contributed by atoms with van der Waals surface area (Å²) in [7, 11) is -0.420. The first-order chi connectivity index (χ1) is 24.5. The second-order valence-corrected chi connectivity index (χ2v) is 21.0. The number of amides is 2. The van der Waals surface area contributed by atoms with Crippen molar-refractivity contribution in [3.05, 3.63) is 53.2 Å². The van der Waals surface area contributed by atoms with E-state index in [2.05, 4.69) is 57.0 Å². The molecule has 4 fully saturated rings. The number of quaternary nitrogens is 2. The minimum absolute atomic E-state index is 0.0681. The highest BCUT2D eigenvalue weighted by molar-refractivity contribution is 7.32. The van der Waals surface area contributed by atoms with Crippen molar-refractivity contribution in [3.8, 4) is 5.75 Å². The van der Waals surface area contributed by atoms with E-state index in [1.165, 1.54) is 10.9 Å². The number of hydrogen-bond acceptors (Lipinski definition) is 7. The average Bonchev–Trinajstić information content (AvgIpc) is 3.38. The van der Waals surface area contributed by atoms with Crippen molar-refractivity contribution < 1.29 is 37.0 Å². The van der Waals surface area contributed by atoms with Crippen LogP contribution in [0, 0.1) is 11.8 Å². The Balaban J connectivity index is 1.19. The second kappa shape index (κ2) is 15.3. The zero-order valence-corrected chi connectivity index (χ0v) is 33.3. The minimum Gasteiger partial charge on any atom is -0.488 e. The van der Waals surface area contributed by atoms with E-state index in [1.54, 1.807) is 12.9 Å². The Kier molecular flexibility index (Phi) is 11.4. The Hall–Kier alpha value is -2.80. The van der Waals surface area contributed by atoms with Gasteiger partial charge in [-0.25, -0.2) is 4.79 Å². The van der Waals surface area contributed by atoms with Gasteiger partial charge in [-0.2, -0.15) is 0 Å². The molecule has 5 aliphatic heterocycles. The lowest BCUT2D eigenvalue weighted by Crippen LogP contribution is -2.76. The van der Waals surface area contributed by atoms with Gasteiger partial charge in [0.25, 0.3) is 5.91 Å². The fourth-order valence-corrected chi connectivity index (χ4v) is 12.7. The SMILES string of the molecule is BNPOC(=O)C1=C(COc2cccc3c(CC[N+]45CC[N+](CC(N)=O)(CC4)CC5)cccc23)[C@H](C)C2[C@@H]([C@@H](C)O[Si](CC)(CC)CC)C(=O)N12. The molecule has 14 heteroatoms. The Morgan fingerprint density at radius 1 is 1.02 bits per heavy atom. The van der Waals surface area contributed by atoms with Crippen LogP contribution in [0.25, 0.3) is 10.8 Å². The molecule has 5 aliphatic rings. The number of β-lactam (4-membered cyclic amide) rings is 1. The summed E-state index contributed by atoms with van der Waals surface area (Å²) in [5, 5.41) is 2.21. The molecule has 0 radical (unpaired) electrons. The maximum atomic E-state index is 13.8. The van der Waals surface area contributed by atoms with Gasteiger partial charge in [0.1, 0.15) is 66.3 Å². The zero-order chi connectivity index (χ0) is 36.6. The molecule has 51 heavy (non-hydrogen) atoms. The number of nitrogens with zero attached hydrogens (tertiary/aromatic N) is 3. The third-order valence-corrected chi connectivity index (χ3v) is 18.2. The fourth-order valence-electron chi connectivity index (χ4n) is 9.47. The van der Waals surface area contributed by atoms with Crippen LogP contribution in [0.2, 0.25) is 18.1 Å². The lowest BCUT2D eigenvalue weighted by atomic mass is 9.78. The van der Waals surface area contributed by atoms with Gasteiger partial charge in [0.15, 0.2) is 22.8 Å². The highest BCUT2D eigenvalue weighted by Crippen LogP contribution is 2.49. The summed E-state index contributed by atoms with van der Waals surface area (Å²) in [5.74, 6) is -0.401. The lowest BCUT2D eigenvalue weighted by Gasteiger charge is -2.55. The summed E-state index contributed by atoms with van der Waals surface area (Å²) in [6, 6.07) is 15.5. The van der Waals surface area contributed by atoms with Crippen LogP contribution in [0.1, 0.15) is 40.2 Å². The van der Waals surface area contributed by atoms with Gasteiger partial charge in [0, 0.05) is 23.3 Å². The van der Waals surface area contributed by atoms with Crippen LogP contribution in [0.5, 0.6) is 5.75 Å². The van der Waals surface area contributed by atoms with Crippen molar-refractivity contribution in [3.63, 3.8) is 0 Å². The first-order valence-electron chi connectivity index (χ1n) is 18.9. The van der Waals surface area contributed by atoms with Crippen molar-refractivity contribution in [2.24, 2.45) is 17.6 Å². The summed E-state index contributed by atoms with van der Waals surface area (Å²) >= 11 is 0. The number of primary amides is 1. The van der Waals surface area contributed by atoms with E-state index in [0.29, 0.717) is 12.2 Å². The van der Waals surface area contributed by atoms with Gasteiger partial charge in [0.2, 0.25) is 5.91 Å². The van der Waals surface area contributed by atoms with Gasteiger partial charge >= 0.3 is 5.97 Å². The molecule has 0 spiro atoms. The first-order valence-corrected chi connectivity index (χ1v) is 22.4. The third-order valence-electron chi connectivity index (χ3n) is 13.0. The van der Waals surface area contributed by atoms with E-state index in [1.807, 2.05) is 19.1 Å². The molecular formula is C37H57BN5O6PSi+2. The number of carbonyl (C=O) groups excluding carboxylic acids is 3. The molecule has 2 bridgehead atoms. The third kappa shape index (κ3) is 7.14. The van der Waals surface area contributed by atoms with Gasteiger partial charge in [-0.15, -0.1) is 0 Å². The quantitative estimate of drug-likeness (QED) is 0.111. The number of nitrogens with two attached hydrogens (primary N) is 1. The predicted molar refractivity (Wildman–Crippen MR) is 206 cm³/mol. The van der Waals surface area contributed by atoms with E-state index in [9.17, 15) is 14.4 Å². The topological polar surface area (TPSA) is 120 Å². The molecule has 276 valence electrons. The van der Waals surface area contributed by atoms with Gasteiger partial charge in [0.05, 0.1) is 24.6 Å². The van der Waals surface area contributed by atoms with Crippen LogP contribution >= 0.6 is 8.96 Å². The molecule has 5 heterocycles. The van der Waals surface area contributed by atoms with Crippen LogP contribution in [-0.2, 0) is 29.8 Å². The highest BCUT2D eigenvalue weighted by Gasteiger charge is 2.61. The smallest absolute Gasteiger partial charge is 0.358 e. The number of ether oxygens (including phenoxy) is 1. The van der Waals surface area contributed by atoms with Crippen molar-refractivity contribution in [2.75, 3.05) is 59.0 Å². The number of fused-ring (bicyclic) bond motifs is 5. The number of hydrogen-bond donors (Lipinski definition) is 2. The summed E-state index contributed by atoms with van der Waals surface area (Å²) in [5.41, 5.74) is 8.00. The highest BCUT2D eigenvalue weighted by atomic mass is 31.1. The van der Waals surface area contributed by atoms with Crippen molar-refractivity contribution >= 4 is 53.8 Å². The molecular weight excluding hydrogens is 680 g/mol. The van der Waals surface area contributed by atoms with Crippen LogP contribution in [-0.4, -0.2) is 119 Å². The summed E-state index contributed by atoms with van der Waals surface area (Å²) in [6.45, 7) is 18.8. The Morgan fingerprint density at radius 3 is 2.27 bits per heavy atom. The van der Waals surface area contributed by atoms with Crippen LogP contribution in [0.3, 0.4) is 0 Å². The number of carbonyl (C=O) groups is 3. The predicted octanol–water partition coefficient (Wildman–Crippen LogP) is 3.24. The monoisotopic (exact) mass is 737 g/mol. The number of piperazine rings is 3. The van der Waals surface area contributed by atoms with Gasteiger partial charge in [-0.05, 0) is 42.1 Å². The molecule has 0 aromatic heterocycles. The van der Waals surface area contributed by atoms with Gasteiger partial charge in [-0.1, -0.05) is 58.0 Å². The maximum absolute atomic E-state index is 13.8. The summed E-state index contributed by atoms with van der Waals surface area (Å²) < 4.78 is 20.9. The molecule has 0 aliphatic carbocycles. The molecule has 0 saturated carbocycles. The number of nitrogens with one attached hydrogen (secondary N) is 1. The molecule has 3 N–H and O–H groups in total. The Labute approximate surface area is 306 Å². The number of rotatable bonds is 17. The molecule has 7 rings (SSSR count). The Bertz CT molecular complexity index is 1660. The summed E-state index contributed by atoms with van der Waals surface area (Å²) in [6.07, 6.45) is 0.734. The zero-order valence-electron chi connectivity index (χ0n) is 31.3. The minimum atomic E-state index is -1.94. The normalized spacial score (nSPS) is 28.0.